The lowest BCUT2D eigenvalue weighted by Crippen LogP contribution is -2.50. The number of halogens is 5. The van der Waals surface area contributed by atoms with Crippen molar-refractivity contribution in [2.45, 2.75) is 55.7 Å². The molecule has 3 aliphatic heterocycles. The summed E-state index contributed by atoms with van der Waals surface area (Å²) in [6.45, 7) is 4.97. The Bertz CT molecular complexity index is 1880. The van der Waals surface area contributed by atoms with Crippen LogP contribution in [-0.2, 0) is 5.38 Å². The molecule has 15 heteroatoms. The number of nitrogen functional groups attached to an aromatic ring is 1. The van der Waals surface area contributed by atoms with Crippen molar-refractivity contribution in [1.82, 2.24) is 25.2 Å². The Labute approximate surface area is 271 Å². The van der Waals surface area contributed by atoms with Crippen LogP contribution in [0.1, 0.15) is 43.7 Å². The Morgan fingerprint density at radius 2 is 2.11 bits per heavy atom. The molecule has 0 saturated carbocycles. The van der Waals surface area contributed by atoms with Crippen LogP contribution >= 0.6 is 22.9 Å². The van der Waals surface area contributed by atoms with E-state index in [1.54, 1.807) is 0 Å². The molecule has 3 N–H and O–H groups in total. The van der Waals surface area contributed by atoms with E-state index < -0.39 is 28.5 Å². The van der Waals surface area contributed by atoms with Gasteiger partial charge in [-0.15, -0.1) is 11.3 Å². The number of rotatable bonds is 7. The molecule has 0 spiro atoms. The molecule has 0 radical (unpaired) electrons. The molecular weight excluding hydrogens is 644 g/mol. The van der Waals surface area contributed by atoms with E-state index in [1.165, 1.54) is 12.3 Å². The van der Waals surface area contributed by atoms with Crippen molar-refractivity contribution < 1.29 is 22.3 Å². The highest BCUT2D eigenvalue weighted by molar-refractivity contribution is 7.23. The SMILES string of the molecule is CCC1CN(c2nc(OC[C@@]34CCCN3C[C@H](F)C4)nc3c(C(F)(F)Cl)c(-c4ccc(F)c5sc(N)c(C#N)c45)ncc23)CCN1. The molecule has 3 aromatic heterocycles. The number of anilines is 2. The van der Waals surface area contributed by atoms with Crippen molar-refractivity contribution in [3.05, 3.63) is 35.3 Å². The lowest BCUT2D eigenvalue weighted by Gasteiger charge is -2.35. The van der Waals surface area contributed by atoms with Gasteiger partial charge in [-0.3, -0.25) is 9.88 Å². The number of nitrogens with two attached hydrogens (primary N) is 1. The zero-order valence-electron chi connectivity index (χ0n) is 24.9. The minimum Gasteiger partial charge on any atom is -0.461 e. The van der Waals surface area contributed by atoms with Crippen molar-refractivity contribution in [3.8, 4) is 23.3 Å². The van der Waals surface area contributed by atoms with Gasteiger partial charge in [0, 0.05) is 55.8 Å². The topological polar surface area (TPSA) is 116 Å². The van der Waals surface area contributed by atoms with Gasteiger partial charge in [0.2, 0.25) is 0 Å². The van der Waals surface area contributed by atoms with Crippen LogP contribution in [0.15, 0.2) is 18.3 Å². The standard InChI is InChI=1S/C31H31ClF4N8OS/c1-2-17-14-43(9-7-39-17)28-20-12-40-24(18-4-5-21(34)26-22(18)19(11-37)27(38)46-26)23(31(32,35)36)25(20)41-29(42-28)45-15-30-6-3-8-44(30)13-16(33)10-30/h4-5,12,16-17,39H,2-3,6-10,13-15,38H2,1H3/t16-,17?,30+/m1/s1. The molecule has 6 heterocycles. The highest BCUT2D eigenvalue weighted by Crippen LogP contribution is 2.48. The van der Waals surface area contributed by atoms with E-state index in [1.807, 2.05) is 11.0 Å². The molecule has 0 amide bonds. The van der Waals surface area contributed by atoms with Crippen LogP contribution in [-0.4, -0.2) is 76.9 Å². The van der Waals surface area contributed by atoms with Crippen LogP contribution in [0.5, 0.6) is 6.01 Å². The van der Waals surface area contributed by atoms with Crippen LogP contribution < -0.4 is 20.7 Å². The molecule has 0 bridgehead atoms. The molecule has 9 nitrogen and oxygen atoms in total. The predicted molar refractivity (Wildman–Crippen MR) is 170 cm³/mol. The fourth-order valence-corrected chi connectivity index (χ4v) is 8.40. The highest BCUT2D eigenvalue weighted by Gasteiger charge is 2.49. The summed E-state index contributed by atoms with van der Waals surface area (Å²) in [5, 5.41) is 9.64. The van der Waals surface area contributed by atoms with Crippen molar-refractivity contribution in [2.75, 3.05) is 50.0 Å². The van der Waals surface area contributed by atoms with Gasteiger partial charge in [-0.2, -0.15) is 24.0 Å². The summed E-state index contributed by atoms with van der Waals surface area (Å²) in [5.74, 6) is -0.289. The molecule has 3 aliphatic rings. The summed E-state index contributed by atoms with van der Waals surface area (Å²) in [4.78, 5) is 17.7. The Balaban J connectivity index is 1.44. The van der Waals surface area contributed by atoms with Crippen molar-refractivity contribution in [3.63, 3.8) is 0 Å². The van der Waals surface area contributed by atoms with Gasteiger partial charge in [0.05, 0.1) is 38.0 Å². The number of aromatic nitrogens is 3. The number of piperazine rings is 1. The van der Waals surface area contributed by atoms with E-state index in [-0.39, 0.29) is 61.5 Å². The van der Waals surface area contributed by atoms with Crippen LogP contribution in [0.4, 0.5) is 28.4 Å². The van der Waals surface area contributed by atoms with Crippen LogP contribution in [0.25, 0.3) is 32.2 Å². The normalized spacial score (nSPS) is 23.7. The molecule has 3 saturated heterocycles. The quantitative estimate of drug-likeness (QED) is 0.182. The number of alkyl halides is 4. The summed E-state index contributed by atoms with van der Waals surface area (Å²) < 4.78 is 66.9. The number of fused-ring (bicyclic) bond motifs is 3. The molecular formula is C31H31ClF4N8OS. The maximum absolute atomic E-state index is 15.7. The Morgan fingerprint density at radius 3 is 2.87 bits per heavy atom. The van der Waals surface area contributed by atoms with Crippen LogP contribution in [0, 0.1) is 17.1 Å². The average Bonchev–Trinajstić information content (AvgIpc) is 3.68. The first-order chi connectivity index (χ1) is 22.0. The van der Waals surface area contributed by atoms with Crippen molar-refractivity contribution >= 4 is 54.7 Å². The molecule has 1 unspecified atom stereocenters. The number of ether oxygens (including phenoxy) is 1. The van der Waals surface area contributed by atoms with Crippen molar-refractivity contribution in [2.24, 2.45) is 0 Å². The van der Waals surface area contributed by atoms with Gasteiger partial charge in [-0.05, 0) is 49.5 Å². The lowest BCUT2D eigenvalue weighted by molar-refractivity contribution is 0.0965. The third kappa shape index (κ3) is 5.17. The number of pyridine rings is 1. The largest absolute Gasteiger partial charge is 0.461 e. The number of nitrogens with zero attached hydrogens (tertiary/aromatic N) is 6. The van der Waals surface area contributed by atoms with E-state index in [0.717, 1.165) is 43.2 Å². The van der Waals surface area contributed by atoms with Gasteiger partial charge < -0.3 is 20.7 Å². The minimum absolute atomic E-state index is 0.0397. The van der Waals surface area contributed by atoms with Crippen molar-refractivity contribution in [1.29, 1.82) is 5.26 Å². The first-order valence-corrected chi connectivity index (χ1v) is 16.4. The van der Waals surface area contributed by atoms with E-state index in [0.29, 0.717) is 38.4 Å². The molecule has 0 aliphatic carbocycles. The highest BCUT2D eigenvalue weighted by atomic mass is 35.5. The van der Waals surface area contributed by atoms with Gasteiger partial charge in [-0.1, -0.05) is 6.92 Å². The Hall–Kier alpha value is -3.51. The van der Waals surface area contributed by atoms with Crippen LogP contribution in [0.2, 0.25) is 0 Å². The van der Waals surface area contributed by atoms with Gasteiger partial charge in [0.1, 0.15) is 35.5 Å². The van der Waals surface area contributed by atoms with E-state index in [9.17, 15) is 14.0 Å². The smallest absolute Gasteiger partial charge is 0.352 e. The molecule has 4 aromatic rings. The summed E-state index contributed by atoms with van der Waals surface area (Å²) in [6.07, 6.45) is 3.22. The molecule has 3 fully saturated rings. The third-order valence-corrected chi connectivity index (χ3v) is 10.7. The number of thiophene rings is 1. The fourth-order valence-electron chi connectivity index (χ4n) is 7.27. The minimum atomic E-state index is -4.00. The summed E-state index contributed by atoms with van der Waals surface area (Å²) >= 11 is 6.70. The first-order valence-electron chi connectivity index (χ1n) is 15.2. The predicted octanol–water partition coefficient (Wildman–Crippen LogP) is 5.93. The van der Waals surface area contributed by atoms with Gasteiger partial charge in [0.25, 0.3) is 0 Å². The molecule has 46 heavy (non-hydrogen) atoms. The summed E-state index contributed by atoms with van der Waals surface area (Å²) in [6, 6.07) is 4.37. The Morgan fingerprint density at radius 1 is 1.28 bits per heavy atom. The lowest BCUT2D eigenvalue weighted by atomic mass is 9.95. The fraction of sp³-hybridized carbons (Fsp3) is 0.484. The Kier molecular flexibility index (Phi) is 7.86. The molecule has 242 valence electrons. The maximum Gasteiger partial charge on any atom is 0.352 e. The second-order valence-corrected chi connectivity index (χ2v) is 13.7. The van der Waals surface area contributed by atoms with E-state index in [2.05, 4.69) is 27.1 Å². The number of nitriles is 1. The monoisotopic (exact) mass is 674 g/mol. The van der Waals surface area contributed by atoms with E-state index in [4.69, 9.17) is 27.1 Å². The second-order valence-electron chi connectivity index (χ2n) is 12.2. The molecule has 3 atom stereocenters. The molecule has 1 aromatic carbocycles. The maximum atomic E-state index is 15.7. The average molecular weight is 675 g/mol. The van der Waals surface area contributed by atoms with Gasteiger partial charge >= 0.3 is 11.4 Å². The molecule has 7 rings (SSSR count). The third-order valence-electron chi connectivity index (χ3n) is 9.45. The first kappa shape index (κ1) is 31.1. The van der Waals surface area contributed by atoms with E-state index >= 15 is 8.78 Å². The zero-order valence-corrected chi connectivity index (χ0v) is 26.5. The zero-order chi connectivity index (χ0) is 32.4. The second kappa shape index (κ2) is 11.6. The summed E-state index contributed by atoms with van der Waals surface area (Å²) in [7, 11) is 0. The number of nitrogens with one attached hydrogen (secondary N) is 1. The number of hydrogen-bond donors (Lipinski definition) is 2. The van der Waals surface area contributed by atoms with Crippen LogP contribution in [0.3, 0.4) is 0 Å². The summed E-state index contributed by atoms with van der Waals surface area (Å²) in [5.41, 5.74) is 4.35. The number of benzene rings is 1. The number of hydrogen-bond acceptors (Lipinski definition) is 10. The van der Waals surface area contributed by atoms with Gasteiger partial charge in [0.15, 0.2) is 0 Å². The van der Waals surface area contributed by atoms with Gasteiger partial charge in [-0.25, -0.2) is 8.78 Å².